The van der Waals surface area contributed by atoms with Crippen LogP contribution in [0.2, 0.25) is 0 Å². The van der Waals surface area contributed by atoms with Crippen molar-refractivity contribution in [1.82, 2.24) is 0 Å². The van der Waals surface area contributed by atoms with Gasteiger partial charge in [-0.2, -0.15) is 0 Å². The molecular formula is C19H19NO3. The van der Waals surface area contributed by atoms with Gasteiger partial charge in [0.15, 0.2) is 5.78 Å². The fourth-order valence-electron chi connectivity index (χ4n) is 3.79. The minimum Gasteiger partial charge on any atom is -0.422 e. The quantitative estimate of drug-likeness (QED) is 0.632. The summed E-state index contributed by atoms with van der Waals surface area (Å²) < 4.78 is 5.65. The first-order valence-electron chi connectivity index (χ1n) is 8.20. The maximum Gasteiger partial charge on any atom is 0.343 e. The van der Waals surface area contributed by atoms with Gasteiger partial charge >= 0.3 is 5.63 Å². The molecule has 0 N–H and O–H groups in total. The minimum absolute atomic E-state index is 0.0827. The summed E-state index contributed by atoms with van der Waals surface area (Å²) >= 11 is 0. The van der Waals surface area contributed by atoms with Gasteiger partial charge in [0.25, 0.3) is 0 Å². The number of aryl methyl sites for hydroxylation is 2. The molecule has 0 radical (unpaired) electrons. The summed E-state index contributed by atoms with van der Waals surface area (Å²) in [5, 5.41) is 0.963. The molecule has 0 amide bonds. The number of nitrogens with zero attached hydrogens (tertiary/aromatic N) is 1. The smallest absolute Gasteiger partial charge is 0.343 e. The van der Waals surface area contributed by atoms with Gasteiger partial charge in [-0.25, -0.2) is 4.79 Å². The largest absolute Gasteiger partial charge is 0.422 e. The van der Waals surface area contributed by atoms with Gasteiger partial charge in [-0.3, -0.25) is 4.79 Å². The normalized spacial score (nSPS) is 16.8. The van der Waals surface area contributed by atoms with Crippen LogP contribution in [0.5, 0.6) is 0 Å². The molecule has 4 rings (SSSR count). The molecule has 0 spiro atoms. The maximum absolute atomic E-state index is 12.2. The van der Waals surface area contributed by atoms with Crippen molar-refractivity contribution < 1.29 is 9.21 Å². The van der Waals surface area contributed by atoms with Gasteiger partial charge in [0.2, 0.25) is 0 Å². The van der Waals surface area contributed by atoms with Gasteiger partial charge in [0.05, 0.1) is 5.56 Å². The van der Waals surface area contributed by atoms with Crippen LogP contribution >= 0.6 is 0 Å². The molecule has 0 atom stereocenters. The van der Waals surface area contributed by atoms with Gasteiger partial charge in [-0.15, -0.1) is 0 Å². The first-order chi connectivity index (χ1) is 11.1. The second kappa shape index (κ2) is 5.37. The molecule has 1 aromatic carbocycles. The molecule has 2 aliphatic heterocycles. The minimum atomic E-state index is -0.376. The van der Waals surface area contributed by atoms with Crippen LogP contribution in [-0.2, 0) is 17.6 Å². The summed E-state index contributed by atoms with van der Waals surface area (Å²) in [6.07, 6.45) is 7.26. The first kappa shape index (κ1) is 14.2. The van der Waals surface area contributed by atoms with E-state index in [4.69, 9.17) is 4.42 Å². The van der Waals surface area contributed by atoms with Crippen LogP contribution in [0, 0.1) is 0 Å². The Labute approximate surface area is 134 Å². The third-order valence-corrected chi connectivity index (χ3v) is 4.74. The van der Waals surface area contributed by atoms with Crippen molar-refractivity contribution in [3.05, 3.63) is 45.3 Å². The van der Waals surface area contributed by atoms with E-state index in [2.05, 4.69) is 11.0 Å². The van der Waals surface area contributed by atoms with Crippen molar-refractivity contribution in [1.29, 1.82) is 0 Å². The lowest BCUT2D eigenvalue weighted by Crippen LogP contribution is -2.34. The van der Waals surface area contributed by atoms with E-state index >= 15 is 0 Å². The van der Waals surface area contributed by atoms with Crippen molar-refractivity contribution >= 4 is 28.5 Å². The van der Waals surface area contributed by atoms with Crippen molar-refractivity contribution in [2.45, 2.75) is 32.6 Å². The first-order valence-corrected chi connectivity index (χ1v) is 8.20. The lowest BCUT2D eigenvalue weighted by atomic mass is 9.90. The predicted molar refractivity (Wildman–Crippen MR) is 91.1 cm³/mol. The molecule has 4 heteroatoms. The van der Waals surface area contributed by atoms with Crippen LogP contribution in [0.4, 0.5) is 5.69 Å². The van der Waals surface area contributed by atoms with Crippen LogP contribution in [0.1, 0.15) is 36.5 Å². The zero-order chi connectivity index (χ0) is 16.0. The van der Waals surface area contributed by atoms with Crippen molar-refractivity contribution in [3.63, 3.8) is 0 Å². The van der Waals surface area contributed by atoms with Gasteiger partial charge in [-0.05, 0) is 62.5 Å². The molecule has 0 fully saturated rings. The predicted octanol–water partition coefficient (Wildman–Crippen LogP) is 3.09. The van der Waals surface area contributed by atoms with Crippen molar-refractivity contribution in [2.24, 2.45) is 0 Å². The number of hydrogen-bond donors (Lipinski definition) is 0. The van der Waals surface area contributed by atoms with E-state index in [1.807, 2.05) is 6.07 Å². The highest BCUT2D eigenvalue weighted by Crippen LogP contribution is 2.39. The standard InChI is InChI=1S/C19H19NO3/c1-12(21)6-7-14-11-15-10-13-4-2-8-20-9-3-5-16(17(13)20)18(15)23-19(14)22/h6-7,10-11H,2-5,8-9H2,1H3/b7-6+. The second-order valence-corrected chi connectivity index (χ2v) is 6.41. The van der Waals surface area contributed by atoms with Crippen LogP contribution in [0.15, 0.2) is 27.4 Å². The van der Waals surface area contributed by atoms with E-state index in [0.29, 0.717) is 5.56 Å². The molecule has 23 heavy (non-hydrogen) atoms. The number of benzene rings is 1. The molecule has 2 aromatic rings. The number of anilines is 1. The zero-order valence-corrected chi connectivity index (χ0v) is 13.2. The maximum atomic E-state index is 12.2. The molecule has 0 saturated heterocycles. The summed E-state index contributed by atoms with van der Waals surface area (Å²) in [4.78, 5) is 25.8. The fourth-order valence-corrected chi connectivity index (χ4v) is 3.79. The van der Waals surface area contributed by atoms with Crippen LogP contribution in [0.25, 0.3) is 17.0 Å². The summed E-state index contributed by atoms with van der Waals surface area (Å²) in [6, 6.07) is 4.00. The van der Waals surface area contributed by atoms with Crippen molar-refractivity contribution in [3.8, 4) is 0 Å². The van der Waals surface area contributed by atoms with Crippen molar-refractivity contribution in [2.75, 3.05) is 18.0 Å². The van der Waals surface area contributed by atoms with E-state index in [1.165, 1.54) is 36.2 Å². The number of carbonyl (C=O) groups is 1. The molecule has 0 aliphatic carbocycles. The number of fused-ring (bicyclic) bond motifs is 2. The highest BCUT2D eigenvalue weighted by molar-refractivity contribution is 5.93. The van der Waals surface area contributed by atoms with E-state index < -0.39 is 0 Å². The Balaban J connectivity index is 1.96. The topological polar surface area (TPSA) is 50.5 Å². The number of hydrogen-bond acceptors (Lipinski definition) is 4. The van der Waals surface area contributed by atoms with Gasteiger partial charge in [-0.1, -0.05) is 0 Å². The second-order valence-electron chi connectivity index (χ2n) is 6.41. The Morgan fingerprint density at radius 1 is 1.22 bits per heavy atom. The van der Waals surface area contributed by atoms with E-state index in [0.717, 1.165) is 43.3 Å². The molecule has 0 bridgehead atoms. The van der Waals surface area contributed by atoms with Gasteiger partial charge in [0.1, 0.15) is 5.58 Å². The summed E-state index contributed by atoms with van der Waals surface area (Å²) in [6.45, 7) is 3.65. The Morgan fingerprint density at radius 2 is 2.00 bits per heavy atom. The number of allylic oxidation sites excluding steroid dienone is 1. The average molecular weight is 309 g/mol. The molecule has 4 nitrogen and oxygen atoms in total. The third kappa shape index (κ3) is 2.38. The van der Waals surface area contributed by atoms with E-state index in [1.54, 1.807) is 6.08 Å². The Morgan fingerprint density at radius 3 is 2.78 bits per heavy atom. The highest BCUT2D eigenvalue weighted by atomic mass is 16.4. The summed E-state index contributed by atoms with van der Waals surface area (Å²) in [5.74, 6) is -0.0827. The van der Waals surface area contributed by atoms with Gasteiger partial charge < -0.3 is 9.32 Å². The summed E-state index contributed by atoms with van der Waals surface area (Å²) in [7, 11) is 0. The Kier molecular flexibility index (Phi) is 3.33. The molecular weight excluding hydrogens is 290 g/mol. The molecule has 0 saturated carbocycles. The van der Waals surface area contributed by atoms with E-state index in [9.17, 15) is 9.59 Å². The molecule has 0 unspecified atom stereocenters. The van der Waals surface area contributed by atoms with Crippen LogP contribution in [0.3, 0.4) is 0 Å². The number of ketones is 1. The van der Waals surface area contributed by atoms with Crippen LogP contribution < -0.4 is 10.5 Å². The summed E-state index contributed by atoms with van der Waals surface area (Å²) in [5.41, 5.74) is 4.62. The molecule has 2 aliphatic rings. The van der Waals surface area contributed by atoms with Crippen LogP contribution in [-0.4, -0.2) is 18.9 Å². The SMILES string of the molecule is CC(=O)/C=C/c1cc2cc3c4c(c2oc1=O)CCCN4CCC3. The highest BCUT2D eigenvalue weighted by Gasteiger charge is 2.26. The monoisotopic (exact) mass is 309 g/mol. The number of carbonyl (C=O) groups excluding carboxylic acids is 1. The lowest BCUT2D eigenvalue weighted by molar-refractivity contribution is -0.112. The van der Waals surface area contributed by atoms with Gasteiger partial charge in [0, 0.05) is 29.7 Å². The lowest BCUT2D eigenvalue weighted by Gasteiger charge is -2.37. The molecule has 118 valence electrons. The Hall–Kier alpha value is -2.36. The third-order valence-electron chi connectivity index (χ3n) is 4.74. The fraction of sp³-hybridized carbons (Fsp3) is 0.368. The average Bonchev–Trinajstić information content (AvgIpc) is 2.54. The number of rotatable bonds is 2. The zero-order valence-electron chi connectivity index (χ0n) is 13.2. The van der Waals surface area contributed by atoms with E-state index in [-0.39, 0.29) is 11.4 Å². The Bertz CT molecular complexity index is 890. The molecule has 3 heterocycles. The molecule has 1 aromatic heterocycles.